The average Bonchev–Trinajstić information content (AvgIpc) is 2.35. The maximum atomic E-state index is 9.21. The number of piperidine rings is 1. The van der Waals surface area contributed by atoms with Crippen LogP contribution >= 0.6 is 0 Å². The Kier molecular flexibility index (Phi) is 5.79. The van der Waals surface area contributed by atoms with E-state index in [-0.39, 0.29) is 5.54 Å². The van der Waals surface area contributed by atoms with Crippen LogP contribution in [0.15, 0.2) is 0 Å². The van der Waals surface area contributed by atoms with Gasteiger partial charge in [-0.05, 0) is 52.2 Å². The largest absolute Gasteiger partial charge is 0.303 e. The number of likely N-dealkylation sites (tertiary alicyclic amines) is 1. The molecule has 3 nitrogen and oxygen atoms in total. The molecule has 1 fully saturated rings. The Bertz CT molecular complexity index is 228. The standard InChI is InChI=1S/C13H25N3/c1-3-8-15-13(2,12-14)7-11-16-9-5-4-6-10-16/h15H,3-11H2,1-2H3. The third-order valence-corrected chi connectivity index (χ3v) is 3.39. The molecule has 1 N–H and O–H groups in total. The van der Waals surface area contributed by atoms with Gasteiger partial charge < -0.3 is 4.90 Å². The van der Waals surface area contributed by atoms with E-state index in [1.807, 2.05) is 6.92 Å². The fourth-order valence-corrected chi connectivity index (χ4v) is 2.15. The normalized spacial score (nSPS) is 21.3. The van der Waals surface area contributed by atoms with Crippen LogP contribution in [0.3, 0.4) is 0 Å². The van der Waals surface area contributed by atoms with E-state index in [2.05, 4.69) is 23.2 Å². The molecule has 92 valence electrons. The quantitative estimate of drug-likeness (QED) is 0.750. The summed E-state index contributed by atoms with van der Waals surface area (Å²) in [6, 6.07) is 2.42. The summed E-state index contributed by atoms with van der Waals surface area (Å²) in [5, 5.41) is 12.6. The summed E-state index contributed by atoms with van der Waals surface area (Å²) < 4.78 is 0. The highest BCUT2D eigenvalue weighted by Gasteiger charge is 2.23. The molecule has 0 amide bonds. The van der Waals surface area contributed by atoms with Crippen molar-refractivity contribution in [2.45, 2.75) is 51.5 Å². The minimum absolute atomic E-state index is 0.340. The van der Waals surface area contributed by atoms with Gasteiger partial charge in [0.15, 0.2) is 0 Å². The topological polar surface area (TPSA) is 39.1 Å². The van der Waals surface area contributed by atoms with Crippen LogP contribution in [0.2, 0.25) is 0 Å². The molecule has 1 saturated heterocycles. The summed E-state index contributed by atoms with van der Waals surface area (Å²) in [5.74, 6) is 0. The minimum Gasteiger partial charge on any atom is -0.303 e. The van der Waals surface area contributed by atoms with E-state index in [0.717, 1.165) is 25.9 Å². The van der Waals surface area contributed by atoms with Crippen molar-refractivity contribution in [1.29, 1.82) is 5.26 Å². The summed E-state index contributed by atoms with van der Waals surface area (Å²) in [4.78, 5) is 2.49. The molecule has 0 bridgehead atoms. The van der Waals surface area contributed by atoms with Crippen molar-refractivity contribution in [1.82, 2.24) is 10.2 Å². The number of nitrogens with one attached hydrogen (secondary N) is 1. The van der Waals surface area contributed by atoms with Crippen LogP contribution in [0.4, 0.5) is 0 Å². The molecule has 0 spiro atoms. The summed E-state index contributed by atoms with van der Waals surface area (Å²) in [6.07, 6.45) is 6.04. The zero-order valence-electron chi connectivity index (χ0n) is 10.8. The van der Waals surface area contributed by atoms with Crippen LogP contribution in [-0.2, 0) is 0 Å². The van der Waals surface area contributed by atoms with Crippen molar-refractivity contribution in [2.24, 2.45) is 0 Å². The molecular weight excluding hydrogens is 198 g/mol. The fraction of sp³-hybridized carbons (Fsp3) is 0.923. The van der Waals surface area contributed by atoms with Gasteiger partial charge in [0.25, 0.3) is 0 Å². The second-order valence-electron chi connectivity index (χ2n) is 5.02. The van der Waals surface area contributed by atoms with Crippen LogP contribution in [0.5, 0.6) is 0 Å². The maximum Gasteiger partial charge on any atom is 0.105 e. The third kappa shape index (κ3) is 4.51. The molecule has 0 saturated carbocycles. The van der Waals surface area contributed by atoms with Crippen molar-refractivity contribution < 1.29 is 0 Å². The van der Waals surface area contributed by atoms with Crippen molar-refractivity contribution in [3.8, 4) is 6.07 Å². The summed E-state index contributed by atoms with van der Waals surface area (Å²) in [5.41, 5.74) is -0.340. The highest BCUT2D eigenvalue weighted by molar-refractivity contribution is 5.03. The Hall–Kier alpha value is -0.590. The molecule has 16 heavy (non-hydrogen) atoms. The SMILES string of the molecule is CCCNC(C)(C#N)CCN1CCCCC1. The average molecular weight is 223 g/mol. The van der Waals surface area contributed by atoms with Gasteiger partial charge in [0.2, 0.25) is 0 Å². The van der Waals surface area contributed by atoms with Gasteiger partial charge in [-0.3, -0.25) is 5.32 Å². The van der Waals surface area contributed by atoms with Crippen molar-refractivity contribution in [3.05, 3.63) is 0 Å². The molecule has 1 heterocycles. The Morgan fingerprint density at radius 1 is 1.31 bits per heavy atom. The van der Waals surface area contributed by atoms with Crippen LogP contribution < -0.4 is 5.32 Å². The Balaban J connectivity index is 2.29. The van der Waals surface area contributed by atoms with Crippen LogP contribution in [0, 0.1) is 11.3 Å². The van der Waals surface area contributed by atoms with Gasteiger partial charge in [-0.1, -0.05) is 13.3 Å². The summed E-state index contributed by atoms with van der Waals surface area (Å²) >= 11 is 0. The van der Waals surface area contributed by atoms with E-state index in [1.165, 1.54) is 32.4 Å². The van der Waals surface area contributed by atoms with Gasteiger partial charge in [-0.25, -0.2) is 0 Å². The number of hydrogen-bond donors (Lipinski definition) is 1. The molecule has 1 unspecified atom stereocenters. The molecule has 0 aliphatic carbocycles. The molecule has 0 aromatic heterocycles. The van der Waals surface area contributed by atoms with E-state index >= 15 is 0 Å². The van der Waals surface area contributed by atoms with Gasteiger partial charge in [0, 0.05) is 6.54 Å². The second kappa shape index (κ2) is 6.88. The third-order valence-electron chi connectivity index (χ3n) is 3.39. The first-order chi connectivity index (χ1) is 7.70. The van der Waals surface area contributed by atoms with E-state index in [0.29, 0.717) is 0 Å². The Labute approximate surface area is 99.8 Å². The molecule has 1 aliphatic rings. The first-order valence-electron chi connectivity index (χ1n) is 6.59. The predicted molar refractivity (Wildman–Crippen MR) is 67.2 cm³/mol. The monoisotopic (exact) mass is 223 g/mol. The molecule has 0 aromatic rings. The second-order valence-corrected chi connectivity index (χ2v) is 5.02. The number of rotatable bonds is 6. The molecule has 3 heteroatoms. The van der Waals surface area contributed by atoms with E-state index < -0.39 is 0 Å². The van der Waals surface area contributed by atoms with Crippen LogP contribution in [-0.4, -0.2) is 36.6 Å². The van der Waals surface area contributed by atoms with Crippen LogP contribution in [0.1, 0.15) is 46.0 Å². The van der Waals surface area contributed by atoms with E-state index in [9.17, 15) is 5.26 Å². The lowest BCUT2D eigenvalue weighted by molar-refractivity contribution is 0.209. The van der Waals surface area contributed by atoms with Gasteiger partial charge in [-0.15, -0.1) is 0 Å². The zero-order valence-corrected chi connectivity index (χ0v) is 10.8. The van der Waals surface area contributed by atoms with Crippen molar-refractivity contribution in [2.75, 3.05) is 26.2 Å². The van der Waals surface area contributed by atoms with Crippen molar-refractivity contribution >= 4 is 0 Å². The van der Waals surface area contributed by atoms with Gasteiger partial charge in [-0.2, -0.15) is 5.26 Å². The Morgan fingerprint density at radius 2 is 2.00 bits per heavy atom. The molecule has 0 aromatic carbocycles. The first-order valence-corrected chi connectivity index (χ1v) is 6.59. The van der Waals surface area contributed by atoms with Gasteiger partial charge >= 0.3 is 0 Å². The smallest absolute Gasteiger partial charge is 0.105 e. The first kappa shape index (κ1) is 13.5. The lowest BCUT2D eigenvalue weighted by Crippen LogP contribution is -2.44. The Morgan fingerprint density at radius 3 is 2.56 bits per heavy atom. The zero-order chi connectivity index (χ0) is 11.9. The van der Waals surface area contributed by atoms with Crippen LogP contribution in [0.25, 0.3) is 0 Å². The van der Waals surface area contributed by atoms with Crippen molar-refractivity contribution in [3.63, 3.8) is 0 Å². The molecule has 1 aliphatic heterocycles. The number of nitriles is 1. The van der Waals surface area contributed by atoms with E-state index in [1.54, 1.807) is 0 Å². The summed E-state index contributed by atoms with van der Waals surface area (Å²) in [6.45, 7) is 8.58. The number of nitrogens with zero attached hydrogens (tertiary/aromatic N) is 2. The van der Waals surface area contributed by atoms with Gasteiger partial charge in [0.1, 0.15) is 5.54 Å². The molecule has 0 radical (unpaired) electrons. The number of hydrogen-bond acceptors (Lipinski definition) is 3. The van der Waals surface area contributed by atoms with E-state index in [4.69, 9.17) is 0 Å². The highest BCUT2D eigenvalue weighted by atomic mass is 15.1. The lowest BCUT2D eigenvalue weighted by Gasteiger charge is -2.30. The predicted octanol–water partition coefficient (Wildman–Crippen LogP) is 2.14. The fourth-order valence-electron chi connectivity index (χ4n) is 2.15. The summed E-state index contributed by atoms with van der Waals surface area (Å²) in [7, 11) is 0. The minimum atomic E-state index is -0.340. The maximum absolute atomic E-state index is 9.21. The van der Waals surface area contributed by atoms with Gasteiger partial charge in [0.05, 0.1) is 6.07 Å². The molecule has 1 rings (SSSR count). The molecule has 1 atom stereocenters. The highest BCUT2D eigenvalue weighted by Crippen LogP contribution is 2.13. The lowest BCUT2D eigenvalue weighted by atomic mass is 9.98. The molecular formula is C13H25N3.